The average molecular weight is 287 g/mol. The molecule has 0 spiro atoms. The van der Waals surface area contributed by atoms with Crippen LogP contribution in [-0.4, -0.2) is 23.1 Å². The molecule has 5 nitrogen and oxygen atoms in total. The average Bonchev–Trinajstić information content (AvgIpc) is 2.47. The lowest BCUT2D eigenvalue weighted by atomic mass is 10.3. The van der Waals surface area contributed by atoms with Crippen molar-refractivity contribution in [3.05, 3.63) is 36.0 Å². The van der Waals surface area contributed by atoms with Crippen LogP contribution < -0.4 is 14.8 Å². The maximum Gasteiger partial charge on any atom is 0.226 e. The summed E-state index contributed by atoms with van der Waals surface area (Å²) in [5, 5.41) is 3.16. The minimum atomic E-state index is 0.533. The van der Waals surface area contributed by atoms with Crippen molar-refractivity contribution in [1.82, 2.24) is 9.97 Å². The van der Waals surface area contributed by atoms with Gasteiger partial charge in [0.2, 0.25) is 11.8 Å². The lowest BCUT2D eigenvalue weighted by molar-refractivity contribution is 0.339. The number of benzene rings is 1. The highest BCUT2D eigenvalue weighted by atomic mass is 16.5. The molecule has 5 heteroatoms. The largest absolute Gasteiger partial charge is 0.494 e. The molecule has 1 heterocycles. The number of hydrogen-bond donors (Lipinski definition) is 1. The molecule has 2 aromatic rings. The standard InChI is InChI=1S/C16H21N3O2/c1-4-10-17-16-18-12(3)11-15(19-16)21-14-8-6-13(7-9-14)20-5-2/h6-9,11H,4-5,10H2,1-3H3,(H,17,18,19). The van der Waals surface area contributed by atoms with E-state index < -0.39 is 0 Å². The van der Waals surface area contributed by atoms with E-state index >= 15 is 0 Å². The zero-order chi connectivity index (χ0) is 15.1. The maximum absolute atomic E-state index is 5.77. The molecule has 0 radical (unpaired) electrons. The first-order chi connectivity index (χ1) is 10.2. The van der Waals surface area contributed by atoms with Gasteiger partial charge in [0.15, 0.2) is 0 Å². The number of nitrogens with zero attached hydrogens (tertiary/aromatic N) is 2. The summed E-state index contributed by atoms with van der Waals surface area (Å²) in [4.78, 5) is 8.68. The van der Waals surface area contributed by atoms with Gasteiger partial charge in [-0.25, -0.2) is 4.98 Å². The number of rotatable bonds is 7. The molecule has 0 saturated heterocycles. The van der Waals surface area contributed by atoms with E-state index in [1.54, 1.807) is 0 Å². The van der Waals surface area contributed by atoms with Gasteiger partial charge in [-0.3, -0.25) is 0 Å². The summed E-state index contributed by atoms with van der Waals surface area (Å²) in [5.41, 5.74) is 0.865. The molecule has 0 amide bonds. The Morgan fingerprint density at radius 2 is 1.76 bits per heavy atom. The third kappa shape index (κ3) is 4.63. The first-order valence-corrected chi connectivity index (χ1v) is 7.21. The summed E-state index contributed by atoms with van der Waals surface area (Å²) < 4.78 is 11.2. The van der Waals surface area contributed by atoms with Crippen LogP contribution in [0.25, 0.3) is 0 Å². The number of nitrogens with one attached hydrogen (secondary N) is 1. The third-order valence-corrected chi connectivity index (χ3v) is 2.72. The van der Waals surface area contributed by atoms with Crippen LogP contribution in [0.2, 0.25) is 0 Å². The minimum absolute atomic E-state index is 0.533. The Morgan fingerprint density at radius 3 is 2.43 bits per heavy atom. The molecule has 1 aromatic carbocycles. The number of anilines is 1. The number of ether oxygens (including phenoxy) is 2. The van der Waals surface area contributed by atoms with E-state index in [1.165, 1.54) is 0 Å². The van der Waals surface area contributed by atoms with Crippen LogP contribution in [0.1, 0.15) is 26.0 Å². The van der Waals surface area contributed by atoms with Crippen LogP contribution >= 0.6 is 0 Å². The number of aromatic nitrogens is 2. The van der Waals surface area contributed by atoms with E-state index in [0.29, 0.717) is 18.4 Å². The highest BCUT2D eigenvalue weighted by Gasteiger charge is 2.04. The molecule has 0 unspecified atom stereocenters. The fourth-order valence-corrected chi connectivity index (χ4v) is 1.80. The van der Waals surface area contributed by atoms with E-state index in [-0.39, 0.29) is 0 Å². The molecule has 0 aliphatic heterocycles. The molecule has 21 heavy (non-hydrogen) atoms. The summed E-state index contributed by atoms with van der Waals surface area (Å²) >= 11 is 0. The molecule has 0 atom stereocenters. The minimum Gasteiger partial charge on any atom is -0.494 e. The molecular weight excluding hydrogens is 266 g/mol. The smallest absolute Gasteiger partial charge is 0.226 e. The van der Waals surface area contributed by atoms with Crippen molar-refractivity contribution >= 4 is 5.95 Å². The lowest BCUT2D eigenvalue weighted by Gasteiger charge is -2.09. The Hall–Kier alpha value is -2.30. The molecule has 112 valence electrons. The first-order valence-electron chi connectivity index (χ1n) is 7.21. The van der Waals surface area contributed by atoms with Gasteiger partial charge in [0.05, 0.1) is 6.61 Å². The second-order valence-corrected chi connectivity index (χ2v) is 4.60. The summed E-state index contributed by atoms with van der Waals surface area (Å²) in [6.45, 7) is 7.46. The molecular formula is C16H21N3O2. The molecule has 0 bridgehead atoms. The summed E-state index contributed by atoms with van der Waals surface area (Å²) in [5.74, 6) is 2.68. The SMILES string of the molecule is CCCNc1nc(C)cc(Oc2ccc(OCC)cc2)n1. The van der Waals surface area contributed by atoms with Gasteiger partial charge in [-0.15, -0.1) is 0 Å². The monoisotopic (exact) mass is 287 g/mol. The van der Waals surface area contributed by atoms with Crippen molar-refractivity contribution in [1.29, 1.82) is 0 Å². The highest BCUT2D eigenvalue weighted by molar-refractivity contribution is 5.36. The Balaban J connectivity index is 2.09. The van der Waals surface area contributed by atoms with Crippen LogP contribution in [0, 0.1) is 6.92 Å². The van der Waals surface area contributed by atoms with Crippen molar-refractivity contribution in [3.63, 3.8) is 0 Å². The molecule has 2 rings (SSSR count). The van der Waals surface area contributed by atoms with Crippen LogP contribution in [0.5, 0.6) is 17.4 Å². The van der Waals surface area contributed by atoms with E-state index in [2.05, 4.69) is 22.2 Å². The lowest BCUT2D eigenvalue weighted by Crippen LogP contribution is -2.05. The van der Waals surface area contributed by atoms with Crippen molar-refractivity contribution in [3.8, 4) is 17.4 Å². The van der Waals surface area contributed by atoms with E-state index in [9.17, 15) is 0 Å². The predicted molar refractivity (Wildman–Crippen MR) is 83.2 cm³/mol. The van der Waals surface area contributed by atoms with Gasteiger partial charge < -0.3 is 14.8 Å². The quantitative estimate of drug-likeness (QED) is 0.839. The predicted octanol–water partition coefficient (Wildman–Crippen LogP) is 3.80. The second kappa shape index (κ2) is 7.47. The molecule has 0 aliphatic rings. The van der Waals surface area contributed by atoms with Gasteiger partial charge in [-0.2, -0.15) is 4.98 Å². The van der Waals surface area contributed by atoms with Crippen molar-refractivity contribution in [2.45, 2.75) is 27.2 Å². The zero-order valence-corrected chi connectivity index (χ0v) is 12.7. The fraction of sp³-hybridized carbons (Fsp3) is 0.375. The van der Waals surface area contributed by atoms with E-state index in [4.69, 9.17) is 9.47 Å². The van der Waals surface area contributed by atoms with Gasteiger partial charge in [0.1, 0.15) is 11.5 Å². The molecule has 0 saturated carbocycles. The van der Waals surface area contributed by atoms with Gasteiger partial charge in [-0.1, -0.05) is 6.92 Å². The Bertz CT molecular complexity index is 570. The van der Waals surface area contributed by atoms with Crippen molar-refractivity contribution < 1.29 is 9.47 Å². The number of hydrogen-bond acceptors (Lipinski definition) is 5. The molecule has 0 fully saturated rings. The molecule has 1 aromatic heterocycles. The Labute approximate surface area is 125 Å². The fourth-order valence-electron chi connectivity index (χ4n) is 1.80. The number of aryl methyl sites for hydroxylation is 1. The van der Waals surface area contributed by atoms with E-state index in [0.717, 1.165) is 30.2 Å². The van der Waals surface area contributed by atoms with Crippen LogP contribution in [0.4, 0.5) is 5.95 Å². The molecule has 0 aliphatic carbocycles. The zero-order valence-electron chi connectivity index (χ0n) is 12.7. The highest BCUT2D eigenvalue weighted by Crippen LogP contribution is 2.23. The van der Waals surface area contributed by atoms with Gasteiger partial charge in [0.25, 0.3) is 0 Å². The second-order valence-electron chi connectivity index (χ2n) is 4.60. The summed E-state index contributed by atoms with van der Waals surface area (Å²) in [6, 6.07) is 9.29. The Morgan fingerprint density at radius 1 is 1.05 bits per heavy atom. The van der Waals surface area contributed by atoms with Gasteiger partial charge in [0, 0.05) is 18.3 Å². The van der Waals surface area contributed by atoms with E-state index in [1.807, 2.05) is 44.2 Å². The summed E-state index contributed by atoms with van der Waals surface area (Å²) in [7, 11) is 0. The first kappa shape index (κ1) is 15.1. The van der Waals surface area contributed by atoms with Crippen LogP contribution in [0.3, 0.4) is 0 Å². The Kier molecular flexibility index (Phi) is 5.37. The van der Waals surface area contributed by atoms with Crippen molar-refractivity contribution in [2.75, 3.05) is 18.5 Å². The third-order valence-electron chi connectivity index (χ3n) is 2.72. The van der Waals surface area contributed by atoms with Crippen LogP contribution in [0.15, 0.2) is 30.3 Å². The maximum atomic E-state index is 5.77. The van der Waals surface area contributed by atoms with Gasteiger partial charge >= 0.3 is 0 Å². The summed E-state index contributed by atoms with van der Waals surface area (Å²) in [6.07, 6.45) is 1.02. The molecule has 1 N–H and O–H groups in total. The van der Waals surface area contributed by atoms with Crippen LogP contribution in [-0.2, 0) is 0 Å². The topological polar surface area (TPSA) is 56.3 Å². The van der Waals surface area contributed by atoms with Crippen molar-refractivity contribution in [2.24, 2.45) is 0 Å². The normalized spacial score (nSPS) is 10.2. The van der Waals surface area contributed by atoms with Gasteiger partial charge in [-0.05, 0) is 44.5 Å².